The van der Waals surface area contributed by atoms with Crippen molar-refractivity contribution in [3.05, 3.63) is 66.4 Å². The number of aromatic nitrogens is 1. The molecule has 7 heteroatoms. The predicted octanol–water partition coefficient (Wildman–Crippen LogP) is 4.61. The van der Waals surface area contributed by atoms with Crippen LogP contribution in [0.25, 0.3) is 11.3 Å². The van der Waals surface area contributed by atoms with Gasteiger partial charge in [0.05, 0.1) is 12.3 Å². The van der Waals surface area contributed by atoms with Crippen molar-refractivity contribution in [3.8, 4) is 17.1 Å². The molecule has 4 rings (SSSR count). The van der Waals surface area contributed by atoms with Gasteiger partial charge in [-0.15, -0.1) is 0 Å². The number of benzene rings is 2. The largest absolute Gasteiger partial charge is 0.491 e. The van der Waals surface area contributed by atoms with Crippen LogP contribution < -0.4 is 10.1 Å². The normalized spacial score (nSPS) is 15.8. The van der Waals surface area contributed by atoms with Gasteiger partial charge in [-0.3, -0.25) is 4.79 Å². The molecule has 6 nitrogen and oxygen atoms in total. The van der Waals surface area contributed by atoms with Gasteiger partial charge in [0.2, 0.25) is 5.91 Å². The summed E-state index contributed by atoms with van der Waals surface area (Å²) < 4.78 is 30.0. The molecule has 3 aromatic rings. The third-order valence-corrected chi connectivity index (χ3v) is 4.83. The summed E-state index contributed by atoms with van der Waals surface area (Å²) in [5.41, 5.74) is 1.41. The lowest BCUT2D eigenvalue weighted by Crippen LogP contribution is -2.16. The first kappa shape index (κ1) is 20.1. The molecule has 1 atom stereocenters. The van der Waals surface area contributed by atoms with Crippen LogP contribution in [0.3, 0.4) is 0 Å². The van der Waals surface area contributed by atoms with Gasteiger partial charge in [0.1, 0.15) is 18.2 Å². The lowest BCUT2D eigenvalue weighted by Gasteiger charge is -2.12. The Morgan fingerprint density at radius 2 is 2.10 bits per heavy atom. The van der Waals surface area contributed by atoms with Crippen LogP contribution in [0.1, 0.15) is 25.2 Å². The number of halogens is 1. The highest BCUT2D eigenvalue weighted by atomic mass is 19.1. The number of aryl methyl sites for hydroxylation is 1. The van der Waals surface area contributed by atoms with Crippen molar-refractivity contribution in [2.75, 3.05) is 18.5 Å². The second kappa shape index (κ2) is 9.54. The van der Waals surface area contributed by atoms with E-state index in [2.05, 4.69) is 10.3 Å². The number of carbonyl (C=O) groups excluding carboxylic acids is 1. The van der Waals surface area contributed by atoms with Crippen LogP contribution in [0.5, 0.6) is 5.75 Å². The van der Waals surface area contributed by atoms with Gasteiger partial charge >= 0.3 is 0 Å². The van der Waals surface area contributed by atoms with Crippen LogP contribution in [0.4, 0.5) is 10.1 Å². The minimum Gasteiger partial charge on any atom is -0.491 e. The molecule has 0 radical (unpaired) electrons. The molecule has 0 bridgehead atoms. The Kier molecular flexibility index (Phi) is 6.39. The lowest BCUT2D eigenvalue weighted by atomic mass is 10.2. The Morgan fingerprint density at radius 1 is 1.23 bits per heavy atom. The van der Waals surface area contributed by atoms with E-state index in [4.69, 9.17) is 13.9 Å². The average molecular weight is 410 g/mol. The minimum atomic E-state index is -0.309. The molecule has 1 amide bonds. The summed E-state index contributed by atoms with van der Waals surface area (Å²) in [4.78, 5) is 16.5. The van der Waals surface area contributed by atoms with E-state index < -0.39 is 0 Å². The summed E-state index contributed by atoms with van der Waals surface area (Å²) in [7, 11) is 0. The van der Waals surface area contributed by atoms with E-state index in [0.29, 0.717) is 36.1 Å². The number of ether oxygens (including phenoxy) is 2. The van der Waals surface area contributed by atoms with Gasteiger partial charge in [0, 0.05) is 36.8 Å². The molecule has 0 saturated carbocycles. The number of amides is 1. The first-order valence-corrected chi connectivity index (χ1v) is 10.0. The standard InChI is InChI=1S/C23H23FN2O4/c24-17-8-6-16(7-9-17)21-14-25-23(30-21)11-10-22(27)26-18-3-1-4-19(13-18)29-15-20-5-2-12-28-20/h1,3-4,6-9,13-14,20H,2,5,10-12,15H2,(H,26,27). The first-order valence-electron chi connectivity index (χ1n) is 10.0. The van der Waals surface area contributed by atoms with Gasteiger partial charge in [-0.2, -0.15) is 0 Å². The van der Waals surface area contributed by atoms with Gasteiger partial charge in [-0.25, -0.2) is 9.37 Å². The Bertz CT molecular complexity index is 981. The zero-order valence-electron chi connectivity index (χ0n) is 16.5. The zero-order valence-corrected chi connectivity index (χ0v) is 16.5. The predicted molar refractivity (Wildman–Crippen MR) is 110 cm³/mol. The first-order chi connectivity index (χ1) is 14.7. The van der Waals surface area contributed by atoms with Gasteiger partial charge < -0.3 is 19.2 Å². The molecule has 2 heterocycles. The fraction of sp³-hybridized carbons (Fsp3) is 0.304. The molecule has 1 aromatic heterocycles. The molecule has 2 aromatic carbocycles. The van der Waals surface area contributed by atoms with E-state index >= 15 is 0 Å². The number of rotatable bonds is 8. The summed E-state index contributed by atoms with van der Waals surface area (Å²) in [6, 6.07) is 13.3. The minimum absolute atomic E-state index is 0.142. The fourth-order valence-electron chi connectivity index (χ4n) is 3.25. The van der Waals surface area contributed by atoms with Gasteiger partial charge in [-0.05, 0) is 49.2 Å². The van der Waals surface area contributed by atoms with Crippen molar-refractivity contribution >= 4 is 11.6 Å². The molecule has 1 unspecified atom stereocenters. The van der Waals surface area contributed by atoms with Crippen LogP contribution in [-0.4, -0.2) is 30.2 Å². The summed E-state index contributed by atoms with van der Waals surface area (Å²) in [6.45, 7) is 1.30. The molecule has 0 spiro atoms. The highest BCUT2D eigenvalue weighted by Gasteiger charge is 2.16. The maximum atomic E-state index is 13.0. The van der Waals surface area contributed by atoms with Crippen molar-refractivity contribution in [1.82, 2.24) is 4.98 Å². The van der Waals surface area contributed by atoms with E-state index in [1.807, 2.05) is 18.2 Å². The van der Waals surface area contributed by atoms with Crippen molar-refractivity contribution in [3.63, 3.8) is 0 Å². The smallest absolute Gasteiger partial charge is 0.224 e. The molecule has 1 fully saturated rings. The Hall–Kier alpha value is -3.19. The summed E-state index contributed by atoms with van der Waals surface area (Å²) in [5.74, 6) is 1.24. The maximum Gasteiger partial charge on any atom is 0.224 e. The van der Waals surface area contributed by atoms with Crippen molar-refractivity contribution < 1.29 is 23.1 Å². The monoisotopic (exact) mass is 410 g/mol. The number of hydrogen-bond acceptors (Lipinski definition) is 5. The van der Waals surface area contributed by atoms with E-state index in [0.717, 1.165) is 25.0 Å². The Labute approximate surface area is 174 Å². The van der Waals surface area contributed by atoms with Crippen LogP contribution in [-0.2, 0) is 16.0 Å². The molecule has 1 aliphatic rings. The van der Waals surface area contributed by atoms with E-state index in [9.17, 15) is 9.18 Å². The number of anilines is 1. The highest BCUT2D eigenvalue weighted by molar-refractivity contribution is 5.90. The van der Waals surface area contributed by atoms with Crippen LogP contribution in [0.15, 0.2) is 59.1 Å². The highest BCUT2D eigenvalue weighted by Crippen LogP contribution is 2.22. The van der Waals surface area contributed by atoms with Crippen LogP contribution >= 0.6 is 0 Å². The van der Waals surface area contributed by atoms with Gasteiger partial charge in [-0.1, -0.05) is 6.07 Å². The van der Waals surface area contributed by atoms with E-state index in [1.165, 1.54) is 12.1 Å². The zero-order chi connectivity index (χ0) is 20.8. The third kappa shape index (κ3) is 5.45. The molecule has 0 aliphatic carbocycles. The number of nitrogens with one attached hydrogen (secondary N) is 1. The second-order valence-electron chi connectivity index (χ2n) is 7.15. The number of nitrogens with zero attached hydrogens (tertiary/aromatic N) is 1. The fourth-order valence-corrected chi connectivity index (χ4v) is 3.25. The molecular weight excluding hydrogens is 387 g/mol. The number of hydrogen-bond donors (Lipinski definition) is 1. The quantitative estimate of drug-likeness (QED) is 0.587. The molecule has 1 saturated heterocycles. The number of oxazole rings is 1. The van der Waals surface area contributed by atoms with E-state index in [-0.39, 0.29) is 24.2 Å². The molecular formula is C23H23FN2O4. The summed E-state index contributed by atoms with van der Waals surface area (Å²) >= 11 is 0. The van der Waals surface area contributed by atoms with Crippen molar-refractivity contribution in [2.45, 2.75) is 31.8 Å². The summed E-state index contributed by atoms with van der Waals surface area (Å²) in [6.07, 6.45) is 4.39. The number of carbonyl (C=O) groups is 1. The van der Waals surface area contributed by atoms with Crippen LogP contribution in [0.2, 0.25) is 0 Å². The van der Waals surface area contributed by atoms with Crippen molar-refractivity contribution in [1.29, 1.82) is 0 Å². The third-order valence-electron chi connectivity index (χ3n) is 4.83. The summed E-state index contributed by atoms with van der Waals surface area (Å²) in [5, 5.41) is 2.86. The van der Waals surface area contributed by atoms with Gasteiger partial charge in [0.25, 0.3) is 0 Å². The molecule has 30 heavy (non-hydrogen) atoms. The second-order valence-corrected chi connectivity index (χ2v) is 7.15. The SMILES string of the molecule is O=C(CCc1ncc(-c2ccc(F)cc2)o1)Nc1cccc(OCC2CCCO2)c1. The lowest BCUT2D eigenvalue weighted by molar-refractivity contribution is -0.116. The Balaban J connectivity index is 1.26. The van der Waals surface area contributed by atoms with Gasteiger partial charge in [0.15, 0.2) is 11.7 Å². The van der Waals surface area contributed by atoms with Crippen LogP contribution in [0, 0.1) is 5.82 Å². The molecule has 1 aliphatic heterocycles. The maximum absolute atomic E-state index is 13.0. The van der Waals surface area contributed by atoms with E-state index in [1.54, 1.807) is 24.4 Å². The Morgan fingerprint density at radius 3 is 2.90 bits per heavy atom. The molecule has 156 valence electrons. The van der Waals surface area contributed by atoms with Crippen molar-refractivity contribution in [2.24, 2.45) is 0 Å². The molecule has 1 N–H and O–H groups in total. The average Bonchev–Trinajstić information content (AvgIpc) is 3.44. The topological polar surface area (TPSA) is 73.6 Å².